The number of hydrogen-bond acceptors (Lipinski definition) is 4. The van der Waals surface area contributed by atoms with Gasteiger partial charge in [0, 0.05) is 41.4 Å². The van der Waals surface area contributed by atoms with Gasteiger partial charge in [0.05, 0.1) is 11.2 Å². The zero-order chi connectivity index (χ0) is 18.2. The maximum absolute atomic E-state index is 11.3. The van der Waals surface area contributed by atoms with Gasteiger partial charge in [0.15, 0.2) is 0 Å². The van der Waals surface area contributed by atoms with E-state index in [1.807, 2.05) is 36.7 Å². The van der Waals surface area contributed by atoms with Gasteiger partial charge in [-0.25, -0.2) is 15.0 Å². The number of aromatic nitrogens is 3. The lowest BCUT2D eigenvalue weighted by atomic mass is 9.95. The summed E-state index contributed by atoms with van der Waals surface area (Å²) in [5.74, 6) is 0.708. The Labute approximate surface area is 147 Å². The first-order chi connectivity index (χ1) is 11.7. The summed E-state index contributed by atoms with van der Waals surface area (Å²) < 4.78 is 0. The average Bonchev–Trinajstić information content (AvgIpc) is 2.53. The molecule has 0 aliphatic carbocycles. The van der Waals surface area contributed by atoms with Crippen LogP contribution >= 0.6 is 0 Å². The summed E-state index contributed by atoms with van der Waals surface area (Å²) in [5.41, 5.74) is 4.31. The second kappa shape index (κ2) is 6.24. The Kier molecular flexibility index (Phi) is 4.25. The predicted molar refractivity (Wildman–Crippen MR) is 101 cm³/mol. The average molecular weight is 334 g/mol. The van der Waals surface area contributed by atoms with Crippen molar-refractivity contribution in [2.75, 3.05) is 5.32 Å². The first kappa shape index (κ1) is 17.0. The second-order valence-corrected chi connectivity index (χ2v) is 7.28. The van der Waals surface area contributed by atoms with E-state index in [2.05, 4.69) is 43.0 Å². The molecule has 2 heterocycles. The Bertz CT molecular complexity index is 940. The van der Waals surface area contributed by atoms with E-state index in [1.54, 1.807) is 0 Å². The van der Waals surface area contributed by atoms with Gasteiger partial charge in [0.25, 0.3) is 0 Å². The van der Waals surface area contributed by atoms with Crippen LogP contribution in [0.4, 0.5) is 5.69 Å². The van der Waals surface area contributed by atoms with E-state index in [0.29, 0.717) is 0 Å². The van der Waals surface area contributed by atoms with Crippen LogP contribution in [0.25, 0.3) is 22.2 Å². The fraction of sp³-hybridized carbons (Fsp3) is 0.300. The van der Waals surface area contributed by atoms with Gasteiger partial charge in [0.2, 0.25) is 5.91 Å². The molecule has 5 nitrogen and oxygen atoms in total. The third kappa shape index (κ3) is 3.65. The first-order valence-electron chi connectivity index (χ1n) is 8.26. The monoisotopic (exact) mass is 334 g/mol. The molecule has 0 radical (unpaired) electrons. The molecule has 0 saturated heterocycles. The highest BCUT2D eigenvalue weighted by atomic mass is 16.1. The van der Waals surface area contributed by atoms with Gasteiger partial charge in [-0.15, -0.1) is 0 Å². The molecule has 0 aliphatic rings. The van der Waals surface area contributed by atoms with Crippen molar-refractivity contribution in [3.63, 3.8) is 0 Å². The summed E-state index contributed by atoms with van der Waals surface area (Å²) in [4.78, 5) is 25.0. The van der Waals surface area contributed by atoms with Crippen LogP contribution in [0.2, 0.25) is 0 Å². The summed E-state index contributed by atoms with van der Waals surface area (Å²) >= 11 is 0. The molecule has 2 aromatic heterocycles. The lowest BCUT2D eigenvalue weighted by Gasteiger charge is -2.16. The molecule has 0 saturated carbocycles. The highest BCUT2D eigenvalue weighted by molar-refractivity contribution is 5.93. The predicted octanol–water partition coefficient (Wildman–Crippen LogP) is 4.26. The van der Waals surface area contributed by atoms with Crippen LogP contribution in [0.3, 0.4) is 0 Å². The fourth-order valence-electron chi connectivity index (χ4n) is 2.68. The third-order valence-corrected chi connectivity index (χ3v) is 3.96. The fourth-order valence-corrected chi connectivity index (χ4v) is 2.68. The number of carbonyl (C=O) groups is 1. The molecule has 1 N–H and O–H groups in total. The number of benzene rings is 1. The Hall–Kier alpha value is -2.82. The standard InChI is InChI=1S/C20H22N4O/c1-12-8-17(14-10-21-19(22-11-14)20(3,4)5)24-18-9-15(23-13(2)25)6-7-16(12)18/h6-11H,1-5H3,(H,23,25). The molecule has 128 valence electrons. The van der Waals surface area contributed by atoms with Gasteiger partial charge in [-0.3, -0.25) is 4.79 Å². The van der Waals surface area contributed by atoms with Crippen molar-refractivity contribution < 1.29 is 4.79 Å². The highest BCUT2D eigenvalue weighted by Gasteiger charge is 2.17. The molecular weight excluding hydrogens is 312 g/mol. The van der Waals surface area contributed by atoms with Gasteiger partial charge >= 0.3 is 0 Å². The molecule has 0 fully saturated rings. The Morgan fingerprint density at radius 2 is 1.76 bits per heavy atom. The van der Waals surface area contributed by atoms with Crippen LogP contribution < -0.4 is 5.32 Å². The van der Waals surface area contributed by atoms with Crippen molar-refractivity contribution in [2.45, 2.75) is 40.0 Å². The third-order valence-electron chi connectivity index (χ3n) is 3.96. The molecular formula is C20H22N4O. The lowest BCUT2D eigenvalue weighted by Crippen LogP contribution is -2.15. The molecule has 3 rings (SSSR count). The Morgan fingerprint density at radius 3 is 2.36 bits per heavy atom. The smallest absolute Gasteiger partial charge is 0.221 e. The summed E-state index contributed by atoms with van der Waals surface area (Å²) in [5, 5.41) is 3.86. The van der Waals surface area contributed by atoms with E-state index in [1.165, 1.54) is 6.92 Å². The molecule has 3 aromatic rings. The SMILES string of the molecule is CC(=O)Nc1ccc2c(C)cc(-c3cnc(C(C)(C)C)nc3)nc2c1. The largest absolute Gasteiger partial charge is 0.326 e. The number of anilines is 1. The number of aryl methyl sites for hydroxylation is 1. The van der Waals surface area contributed by atoms with Crippen LogP contribution in [0.15, 0.2) is 36.7 Å². The molecule has 0 unspecified atom stereocenters. The van der Waals surface area contributed by atoms with E-state index in [4.69, 9.17) is 4.98 Å². The van der Waals surface area contributed by atoms with Gasteiger partial charge in [0.1, 0.15) is 5.82 Å². The zero-order valence-corrected chi connectivity index (χ0v) is 15.2. The van der Waals surface area contributed by atoms with Crippen LogP contribution in [0.1, 0.15) is 39.1 Å². The van der Waals surface area contributed by atoms with Crippen molar-refractivity contribution in [2.24, 2.45) is 0 Å². The normalized spacial score (nSPS) is 11.6. The van der Waals surface area contributed by atoms with Crippen molar-refractivity contribution in [1.29, 1.82) is 0 Å². The molecule has 1 aromatic carbocycles. The zero-order valence-electron chi connectivity index (χ0n) is 15.2. The lowest BCUT2D eigenvalue weighted by molar-refractivity contribution is -0.114. The summed E-state index contributed by atoms with van der Waals surface area (Å²) in [6.45, 7) is 9.81. The highest BCUT2D eigenvalue weighted by Crippen LogP contribution is 2.26. The minimum atomic E-state index is -0.0987. The molecule has 0 atom stereocenters. The molecule has 5 heteroatoms. The maximum atomic E-state index is 11.3. The molecule has 0 aliphatic heterocycles. The van der Waals surface area contributed by atoms with Gasteiger partial charge in [-0.2, -0.15) is 0 Å². The number of pyridine rings is 1. The maximum Gasteiger partial charge on any atom is 0.221 e. The van der Waals surface area contributed by atoms with E-state index in [9.17, 15) is 4.79 Å². The van der Waals surface area contributed by atoms with Crippen molar-refractivity contribution in [1.82, 2.24) is 15.0 Å². The van der Waals surface area contributed by atoms with E-state index < -0.39 is 0 Å². The minimum Gasteiger partial charge on any atom is -0.326 e. The first-order valence-corrected chi connectivity index (χ1v) is 8.26. The number of carbonyl (C=O) groups excluding carboxylic acids is 1. The second-order valence-electron chi connectivity index (χ2n) is 7.28. The topological polar surface area (TPSA) is 67.8 Å². The number of nitrogens with one attached hydrogen (secondary N) is 1. The van der Waals surface area contributed by atoms with Crippen LogP contribution in [0.5, 0.6) is 0 Å². The molecule has 1 amide bonds. The summed E-state index contributed by atoms with van der Waals surface area (Å²) in [6.07, 6.45) is 3.64. The number of amides is 1. The van der Waals surface area contributed by atoms with Crippen LogP contribution in [-0.4, -0.2) is 20.9 Å². The number of nitrogens with zero attached hydrogens (tertiary/aromatic N) is 3. The quantitative estimate of drug-likeness (QED) is 0.760. The summed E-state index contributed by atoms with van der Waals surface area (Å²) in [6, 6.07) is 7.79. The molecule has 0 spiro atoms. The number of rotatable bonds is 2. The van der Waals surface area contributed by atoms with Gasteiger partial charge < -0.3 is 5.32 Å². The molecule has 0 bridgehead atoms. The number of hydrogen-bond donors (Lipinski definition) is 1. The Morgan fingerprint density at radius 1 is 1.08 bits per heavy atom. The van der Waals surface area contributed by atoms with E-state index >= 15 is 0 Å². The summed E-state index contributed by atoms with van der Waals surface area (Å²) in [7, 11) is 0. The van der Waals surface area contributed by atoms with Crippen LogP contribution in [-0.2, 0) is 10.2 Å². The van der Waals surface area contributed by atoms with Crippen molar-refractivity contribution in [3.8, 4) is 11.3 Å². The minimum absolute atomic E-state index is 0.0848. The van der Waals surface area contributed by atoms with Gasteiger partial charge in [-0.1, -0.05) is 26.8 Å². The van der Waals surface area contributed by atoms with Crippen molar-refractivity contribution >= 4 is 22.5 Å². The van der Waals surface area contributed by atoms with E-state index in [-0.39, 0.29) is 11.3 Å². The van der Waals surface area contributed by atoms with Gasteiger partial charge in [-0.05, 0) is 30.7 Å². The van der Waals surface area contributed by atoms with Crippen molar-refractivity contribution in [3.05, 3.63) is 48.0 Å². The number of fused-ring (bicyclic) bond motifs is 1. The van der Waals surface area contributed by atoms with E-state index in [0.717, 1.165) is 39.2 Å². The van der Waals surface area contributed by atoms with Crippen LogP contribution in [0, 0.1) is 6.92 Å². The molecule has 25 heavy (non-hydrogen) atoms. The Balaban J connectivity index is 2.05.